The molecule has 1 atom stereocenters. The van der Waals surface area contributed by atoms with E-state index in [4.69, 9.17) is 10.3 Å². The van der Waals surface area contributed by atoms with Crippen molar-refractivity contribution in [3.8, 4) is 0 Å². The number of nitrogens with zero attached hydrogens (tertiary/aromatic N) is 3. The molecule has 0 fully saturated rings. The highest BCUT2D eigenvalue weighted by atomic mass is 16.5. The number of imidazole rings is 1. The molecule has 1 unspecified atom stereocenters. The van der Waals surface area contributed by atoms with Gasteiger partial charge in [-0.3, -0.25) is 0 Å². The summed E-state index contributed by atoms with van der Waals surface area (Å²) in [4.78, 5) is 11.2. The van der Waals surface area contributed by atoms with Crippen LogP contribution in [0.4, 0.5) is 0 Å². The van der Waals surface area contributed by atoms with Gasteiger partial charge in [-0.1, -0.05) is 18.5 Å². The third kappa shape index (κ3) is 3.13. The van der Waals surface area contributed by atoms with E-state index in [9.17, 15) is 0 Å². The zero-order valence-electron chi connectivity index (χ0n) is 9.89. The van der Waals surface area contributed by atoms with Crippen LogP contribution in [-0.4, -0.2) is 20.1 Å². The molecule has 6 heteroatoms. The Kier molecular flexibility index (Phi) is 3.87. The zero-order valence-corrected chi connectivity index (χ0v) is 9.89. The predicted molar refractivity (Wildman–Crippen MR) is 62.1 cm³/mol. The largest absolute Gasteiger partial charge is 0.348 e. The first-order valence-electron chi connectivity index (χ1n) is 5.85. The fraction of sp³-hybridized carbons (Fsp3) is 0.545. The Labute approximate surface area is 99.6 Å². The first-order chi connectivity index (χ1) is 8.29. The van der Waals surface area contributed by atoms with E-state index in [1.165, 1.54) is 0 Å². The highest BCUT2D eigenvalue weighted by molar-refractivity contribution is 5.02. The van der Waals surface area contributed by atoms with Gasteiger partial charge in [-0.05, 0) is 6.42 Å². The summed E-state index contributed by atoms with van der Waals surface area (Å²) in [7, 11) is 0. The van der Waals surface area contributed by atoms with Crippen molar-refractivity contribution in [3.05, 3.63) is 29.9 Å². The van der Waals surface area contributed by atoms with Crippen LogP contribution in [0.15, 0.2) is 17.0 Å². The van der Waals surface area contributed by atoms with Crippen molar-refractivity contribution in [1.29, 1.82) is 0 Å². The van der Waals surface area contributed by atoms with Crippen molar-refractivity contribution in [3.63, 3.8) is 0 Å². The first-order valence-corrected chi connectivity index (χ1v) is 5.85. The van der Waals surface area contributed by atoms with Crippen LogP contribution in [0.1, 0.15) is 43.2 Å². The number of aryl methyl sites for hydroxylation is 1. The van der Waals surface area contributed by atoms with Gasteiger partial charge >= 0.3 is 0 Å². The molecule has 92 valence electrons. The van der Waals surface area contributed by atoms with Gasteiger partial charge in [0.1, 0.15) is 0 Å². The molecule has 2 aromatic rings. The maximum Gasteiger partial charge on any atom is 0.243 e. The van der Waals surface area contributed by atoms with E-state index in [0.29, 0.717) is 12.3 Å². The van der Waals surface area contributed by atoms with Gasteiger partial charge in [0.15, 0.2) is 5.82 Å². The fourth-order valence-corrected chi connectivity index (χ4v) is 1.58. The third-order valence-electron chi connectivity index (χ3n) is 2.55. The van der Waals surface area contributed by atoms with Crippen LogP contribution in [0.3, 0.4) is 0 Å². The summed E-state index contributed by atoms with van der Waals surface area (Å²) in [5.74, 6) is 1.23. The average molecular weight is 235 g/mol. The van der Waals surface area contributed by atoms with Gasteiger partial charge in [-0.25, -0.2) is 4.98 Å². The smallest absolute Gasteiger partial charge is 0.243 e. The van der Waals surface area contributed by atoms with E-state index < -0.39 is 0 Å². The van der Waals surface area contributed by atoms with Gasteiger partial charge in [0, 0.05) is 24.7 Å². The molecule has 0 saturated carbocycles. The van der Waals surface area contributed by atoms with E-state index in [1.807, 2.05) is 0 Å². The molecule has 0 aliphatic carbocycles. The molecular formula is C11H17N5O. The van der Waals surface area contributed by atoms with Gasteiger partial charge in [-0.2, -0.15) is 4.98 Å². The van der Waals surface area contributed by atoms with Crippen LogP contribution < -0.4 is 5.73 Å². The summed E-state index contributed by atoms with van der Waals surface area (Å²) in [5.41, 5.74) is 6.95. The van der Waals surface area contributed by atoms with E-state index in [0.717, 1.165) is 30.8 Å². The van der Waals surface area contributed by atoms with Crippen molar-refractivity contribution >= 4 is 0 Å². The molecule has 0 spiro atoms. The number of rotatable bonds is 6. The molecule has 3 N–H and O–H groups in total. The zero-order chi connectivity index (χ0) is 12.1. The second kappa shape index (κ2) is 5.58. The Bertz CT molecular complexity index is 436. The Morgan fingerprint density at radius 3 is 3.12 bits per heavy atom. The standard InChI is InChI=1S/C11H17N5O/c1-2-3-4-10-15-11(17-16-10)9(12)5-8-6-13-7-14-8/h6-7,9H,2-5,12H2,1H3,(H,13,14). The van der Waals surface area contributed by atoms with Crippen molar-refractivity contribution in [1.82, 2.24) is 20.1 Å². The molecule has 0 aliphatic rings. The molecule has 0 radical (unpaired) electrons. The van der Waals surface area contributed by atoms with Gasteiger partial charge in [0.05, 0.1) is 12.4 Å². The molecule has 2 heterocycles. The first kappa shape index (κ1) is 11.8. The molecule has 0 bridgehead atoms. The monoisotopic (exact) mass is 235 g/mol. The number of hydrogen-bond acceptors (Lipinski definition) is 5. The minimum Gasteiger partial charge on any atom is -0.348 e. The molecule has 0 amide bonds. The Morgan fingerprint density at radius 2 is 2.41 bits per heavy atom. The van der Waals surface area contributed by atoms with E-state index in [-0.39, 0.29) is 6.04 Å². The van der Waals surface area contributed by atoms with Crippen molar-refractivity contribution in [2.45, 2.75) is 38.6 Å². The summed E-state index contributed by atoms with van der Waals surface area (Å²) < 4.78 is 5.15. The highest BCUT2D eigenvalue weighted by Gasteiger charge is 2.15. The van der Waals surface area contributed by atoms with Crippen LogP contribution in [-0.2, 0) is 12.8 Å². The minimum atomic E-state index is -0.279. The number of unbranched alkanes of at least 4 members (excludes halogenated alkanes) is 1. The lowest BCUT2D eigenvalue weighted by molar-refractivity contribution is 0.349. The second-order valence-electron chi connectivity index (χ2n) is 4.04. The lowest BCUT2D eigenvalue weighted by Gasteiger charge is -2.03. The summed E-state index contributed by atoms with van der Waals surface area (Å²) in [6.45, 7) is 2.13. The topological polar surface area (TPSA) is 93.6 Å². The Hall–Kier alpha value is -1.69. The number of aromatic amines is 1. The molecule has 6 nitrogen and oxygen atoms in total. The fourth-order valence-electron chi connectivity index (χ4n) is 1.58. The van der Waals surface area contributed by atoms with E-state index >= 15 is 0 Å². The van der Waals surface area contributed by atoms with Crippen LogP contribution in [0.25, 0.3) is 0 Å². The number of nitrogens with two attached hydrogens (primary N) is 1. The minimum absolute atomic E-state index is 0.279. The quantitative estimate of drug-likeness (QED) is 0.788. The molecule has 2 aromatic heterocycles. The number of aromatic nitrogens is 4. The van der Waals surface area contributed by atoms with Gasteiger partial charge < -0.3 is 15.2 Å². The van der Waals surface area contributed by atoms with E-state index in [2.05, 4.69) is 27.0 Å². The average Bonchev–Trinajstić information content (AvgIpc) is 2.96. The molecule has 0 saturated heterocycles. The highest BCUT2D eigenvalue weighted by Crippen LogP contribution is 2.13. The molecule has 17 heavy (non-hydrogen) atoms. The lowest BCUT2D eigenvalue weighted by atomic mass is 10.2. The summed E-state index contributed by atoms with van der Waals surface area (Å²) >= 11 is 0. The van der Waals surface area contributed by atoms with Crippen molar-refractivity contribution in [2.24, 2.45) is 5.73 Å². The summed E-state index contributed by atoms with van der Waals surface area (Å²) in [5, 5.41) is 3.91. The summed E-state index contributed by atoms with van der Waals surface area (Å²) in [6.07, 6.45) is 7.02. The van der Waals surface area contributed by atoms with Crippen LogP contribution >= 0.6 is 0 Å². The lowest BCUT2D eigenvalue weighted by Crippen LogP contribution is -2.14. The van der Waals surface area contributed by atoms with Gasteiger partial charge in [0.25, 0.3) is 0 Å². The van der Waals surface area contributed by atoms with Gasteiger partial charge in [-0.15, -0.1) is 0 Å². The number of hydrogen-bond donors (Lipinski definition) is 2. The third-order valence-corrected chi connectivity index (χ3v) is 2.55. The predicted octanol–water partition coefficient (Wildman–Crippen LogP) is 1.38. The van der Waals surface area contributed by atoms with Crippen LogP contribution in [0.5, 0.6) is 0 Å². The van der Waals surface area contributed by atoms with Crippen molar-refractivity contribution in [2.75, 3.05) is 0 Å². The summed E-state index contributed by atoms with van der Waals surface area (Å²) in [6, 6.07) is -0.279. The molecular weight excluding hydrogens is 218 g/mol. The number of H-pyrrole nitrogens is 1. The van der Waals surface area contributed by atoms with Gasteiger partial charge in [0.2, 0.25) is 5.89 Å². The van der Waals surface area contributed by atoms with Crippen molar-refractivity contribution < 1.29 is 4.52 Å². The normalized spacial score (nSPS) is 12.8. The van der Waals surface area contributed by atoms with Crippen LogP contribution in [0.2, 0.25) is 0 Å². The SMILES string of the molecule is CCCCc1noc(C(N)Cc2cnc[nH]2)n1. The molecule has 0 aliphatic heterocycles. The molecule has 2 rings (SSSR count). The Morgan fingerprint density at radius 1 is 1.53 bits per heavy atom. The second-order valence-corrected chi connectivity index (χ2v) is 4.04. The maximum absolute atomic E-state index is 5.98. The number of nitrogens with one attached hydrogen (secondary N) is 1. The van der Waals surface area contributed by atoms with E-state index in [1.54, 1.807) is 12.5 Å². The van der Waals surface area contributed by atoms with Crippen LogP contribution in [0, 0.1) is 0 Å². The molecule has 0 aromatic carbocycles. The maximum atomic E-state index is 5.98. The Balaban J connectivity index is 1.94.